The Balaban J connectivity index is 2.29. The lowest BCUT2D eigenvalue weighted by Gasteiger charge is -2.43. The maximum Gasteiger partial charge on any atom is 0.142 e. The van der Waals surface area contributed by atoms with Gasteiger partial charge in [0.05, 0.1) is 13.2 Å². The fourth-order valence-corrected chi connectivity index (χ4v) is 3.24. The van der Waals surface area contributed by atoms with E-state index in [1.807, 2.05) is 12.1 Å². The van der Waals surface area contributed by atoms with Gasteiger partial charge in [0.1, 0.15) is 11.4 Å². The van der Waals surface area contributed by atoms with Crippen LogP contribution in [0.3, 0.4) is 0 Å². The van der Waals surface area contributed by atoms with Gasteiger partial charge in [-0.2, -0.15) is 0 Å². The highest BCUT2D eigenvalue weighted by atomic mass is 16.5. The Morgan fingerprint density at radius 2 is 1.95 bits per heavy atom. The van der Waals surface area contributed by atoms with E-state index in [0.29, 0.717) is 0 Å². The van der Waals surface area contributed by atoms with Crippen LogP contribution in [0.2, 0.25) is 0 Å². The topological polar surface area (TPSA) is 63.4 Å². The van der Waals surface area contributed by atoms with E-state index in [0.717, 1.165) is 24.5 Å². The summed E-state index contributed by atoms with van der Waals surface area (Å²) in [5, 5.41) is 0. The molecule has 0 bridgehead atoms. The lowest BCUT2D eigenvalue weighted by Crippen LogP contribution is -2.54. The first-order chi connectivity index (χ1) is 10.1. The first-order valence-electron chi connectivity index (χ1n) is 7.81. The summed E-state index contributed by atoms with van der Waals surface area (Å²) in [5.41, 5.74) is 3.71. The van der Waals surface area contributed by atoms with Crippen molar-refractivity contribution in [3.63, 3.8) is 0 Å². The summed E-state index contributed by atoms with van der Waals surface area (Å²) >= 11 is 0. The van der Waals surface area contributed by atoms with E-state index < -0.39 is 0 Å². The molecule has 0 amide bonds. The Morgan fingerprint density at radius 3 is 2.52 bits per heavy atom. The average molecular weight is 292 g/mol. The fourth-order valence-electron chi connectivity index (χ4n) is 3.24. The Bertz CT molecular complexity index is 442. The summed E-state index contributed by atoms with van der Waals surface area (Å²) in [5.74, 6) is 6.67. The van der Waals surface area contributed by atoms with Crippen molar-refractivity contribution in [2.45, 2.75) is 51.1 Å². The molecule has 0 saturated carbocycles. The van der Waals surface area contributed by atoms with Crippen LogP contribution >= 0.6 is 0 Å². The van der Waals surface area contributed by atoms with E-state index in [1.54, 1.807) is 13.3 Å². The monoisotopic (exact) mass is 292 g/mol. The second-order valence-electron chi connectivity index (χ2n) is 6.25. The third kappa shape index (κ3) is 3.54. The number of methoxy groups -OCH3 is 1. The smallest absolute Gasteiger partial charge is 0.142 e. The number of aromatic nitrogens is 1. The second-order valence-corrected chi connectivity index (χ2v) is 6.25. The normalized spacial score (nSPS) is 19.0. The molecule has 1 fully saturated rings. The number of hydrazine groups is 1. The van der Waals surface area contributed by atoms with Crippen molar-refractivity contribution < 1.29 is 4.74 Å². The van der Waals surface area contributed by atoms with E-state index in [4.69, 9.17) is 10.6 Å². The zero-order chi connectivity index (χ0) is 15.3. The van der Waals surface area contributed by atoms with Crippen LogP contribution < -0.4 is 16.0 Å². The van der Waals surface area contributed by atoms with Gasteiger partial charge >= 0.3 is 0 Å². The largest absolute Gasteiger partial charge is 0.495 e. The van der Waals surface area contributed by atoms with Gasteiger partial charge in [0.15, 0.2) is 0 Å². The van der Waals surface area contributed by atoms with Crippen molar-refractivity contribution in [2.75, 3.05) is 20.2 Å². The van der Waals surface area contributed by atoms with Gasteiger partial charge < -0.3 is 4.74 Å². The molecule has 21 heavy (non-hydrogen) atoms. The minimum Gasteiger partial charge on any atom is -0.495 e. The second kappa shape index (κ2) is 7.20. The first kappa shape index (κ1) is 16.2. The van der Waals surface area contributed by atoms with Crippen molar-refractivity contribution in [1.29, 1.82) is 0 Å². The highest BCUT2D eigenvalue weighted by Gasteiger charge is 2.38. The molecule has 2 heterocycles. The number of nitrogens with two attached hydrogens (primary N) is 1. The van der Waals surface area contributed by atoms with Crippen molar-refractivity contribution in [1.82, 2.24) is 15.3 Å². The molecule has 3 N–H and O–H groups in total. The molecule has 1 aromatic rings. The number of rotatable bonds is 5. The molecule has 0 aromatic carbocycles. The number of ether oxygens (including phenoxy) is 1. The summed E-state index contributed by atoms with van der Waals surface area (Å²) in [6.45, 7) is 6.69. The summed E-state index contributed by atoms with van der Waals surface area (Å²) in [4.78, 5) is 7.04. The SMILES string of the molecule is COc1cccnc1C(NN)C(C)(C)N1CCCCCC1. The molecule has 5 nitrogen and oxygen atoms in total. The number of hydrogen-bond donors (Lipinski definition) is 2. The van der Waals surface area contributed by atoms with Gasteiger partial charge in [-0.15, -0.1) is 0 Å². The molecule has 0 spiro atoms. The van der Waals surface area contributed by atoms with Crippen LogP contribution in [0.4, 0.5) is 0 Å². The molecular weight excluding hydrogens is 264 g/mol. The number of pyridine rings is 1. The number of nitrogens with zero attached hydrogens (tertiary/aromatic N) is 2. The van der Waals surface area contributed by atoms with Crippen LogP contribution in [-0.2, 0) is 0 Å². The summed E-state index contributed by atoms with van der Waals surface area (Å²) in [6.07, 6.45) is 6.93. The van der Waals surface area contributed by atoms with E-state index >= 15 is 0 Å². The van der Waals surface area contributed by atoms with Gasteiger partial charge in [0.25, 0.3) is 0 Å². The number of nitrogens with one attached hydrogen (secondary N) is 1. The molecule has 118 valence electrons. The van der Waals surface area contributed by atoms with Crippen LogP contribution in [0.5, 0.6) is 5.75 Å². The van der Waals surface area contributed by atoms with Crippen molar-refractivity contribution in [2.24, 2.45) is 5.84 Å². The third-order valence-corrected chi connectivity index (χ3v) is 4.59. The van der Waals surface area contributed by atoms with Crippen LogP contribution in [0, 0.1) is 0 Å². The van der Waals surface area contributed by atoms with E-state index in [-0.39, 0.29) is 11.6 Å². The summed E-state index contributed by atoms with van der Waals surface area (Å²) < 4.78 is 5.46. The minimum atomic E-state index is -0.124. The molecule has 1 atom stereocenters. The maximum absolute atomic E-state index is 5.89. The van der Waals surface area contributed by atoms with Gasteiger partial charge in [-0.1, -0.05) is 12.8 Å². The Morgan fingerprint density at radius 1 is 1.29 bits per heavy atom. The van der Waals surface area contributed by atoms with Gasteiger partial charge in [0, 0.05) is 11.7 Å². The Labute approximate surface area is 127 Å². The maximum atomic E-state index is 5.89. The molecule has 5 heteroatoms. The highest BCUT2D eigenvalue weighted by molar-refractivity contribution is 5.31. The van der Waals surface area contributed by atoms with Gasteiger partial charge in [-0.05, 0) is 51.9 Å². The standard InChI is InChI=1S/C16H28N4O/c1-16(2,20-11-6-4-5-7-12-20)15(19-17)14-13(21-3)9-8-10-18-14/h8-10,15,19H,4-7,11-12,17H2,1-3H3. The van der Waals surface area contributed by atoms with Gasteiger partial charge in [0.2, 0.25) is 0 Å². The van der Waals surface area contributed by atoms with Crippen molar-refractivity contribution in [3.05, 3.63) is 24.0 Å². The zero-order valence-electron chi connectivity index (χ0n) is 13.4. The number of likely N-dealkylation sites (tertiary alicyclic amines) is 1. The first-order valence-corrected chi connectivity index (χ1v) is 7.81. The predicted molar refractivity (Wildman–Crippen MR) is 85.0 cm³/mol. The molecule has 1 aliphatic rings. The summed E-state index contributed by atoms with van der Waals surface area (Å²) in [6, 6.07) is 3.74. The van der Waals surface area contributed by atoms with Gasteiger partial charge in [-0.25, -0.2) is 5.43 Å². The lowest BCUT2D eigenvalue weighted by atomic mass is 9.89. The molecule has 0 aliphatic carbocycles. The molecule has 1 aliphatic heterocycles. The Hall–Kier alpha value is -1.17. The van der Waals surface area contributed by atoms with Crippen LogP contribution in [0.15, 0.2) is 18.3 Å². The molecule has 1 saturated heterocycles. The fraction of sp³-hybridized carbons (Fsp3) is 0.688. The molecule has 1 aromatic heterocycles. The molecular formula is C16H28N4O. The van der Waals surface area contributed by atoms with Crippen molar-refractivity contribution >= 4 is 0 Å². The third-order valence-electron chi connectivity index (χ3n) is 4.59. The number of hydrogen-bond acceptors (Lipinski definition) is 5. The molecule has 2 rings (SSSR count). The summed E-state index contributed by atoms with van der Waals surface area (Å²) in [7, 11) is 1.67. The Kier molecular flexibility index (Phi) is 5.56. The molecule has 1 unspecified atom stereocenters. The van der Waals surface area contributed by atoms with Crippen molar-refractivity contribution in [3.8, 4) is 5.75 Å². The zero-order valence-corrected chi connectivity index (χ0v) is 13.4. The lowest BCUT2D eigenvalue weighted by molar-refractivity contribution is 0.0807. The van der Waals surface area contributed by atoms with Crippen LogP contribution in [-0.4, -0.2) is 35.6 Å². The quantitative estimate of drug-likeness (QED) is 0.644. The van der Waals surface area contributed by atoms with E-state index in [9.17, 15) is 0 Å². The highest BCUT2D eigenvalue weighted by Crippen LogP contribution is 2.35. The minimum absolute atomic E-state index is 0.0771. The van der Waals surface area contributed by atoms with E-state index in [1.165, 1.54) is 25.7 Å². The van der Waals surface area contributed by atoms with Crippen LogP contribution in [0.25, 0.3) is 0 Å². The van der Waals surface area contributed by atoms with Gasteiger partial charge in [-0.3, -0.25) is 15.7 Å². The van der Waals surface area contributed by atoms with E-state index in [2.05, 4.69) is 29.2 Å². The van der Waals surface area contributed by atoms with Crippen LogP contribution in [0.1, 0.15) is 51.3 Å². The average Bonchev–Trinajstić information content (AvgIpc) is 2.78. The molecule has 0 radical (unpaired) electrons. The predicted octanol–water partition coefficient (Wildman–Crippen LogP) is 2.25.